The van der Waals surface area contributed by atoms with Crippen molar-refractivity contribution in [2.75, 3.05) is 11.6 Å². The Morgan fingerprint density at radius 2 is 2.03 bits per heavy atom. The van der Waals surface area contributed by atoms with Gasteiger partial charge in [-0.25, -0.2) is 4.98 Å². The minimum Gasteiger partial charge on any atom is -0.368 e. The first-order valence-electron chi connectivity index (χ1n) is 9.52. The van der Waals surface area contributed by atoms with Crippen molar-refractivity contribution in [1.82, 2.24) is 10.3 Å². The first kappa shape index (κ1) is 20.2. The number of carbonyl (C=O) groups is 2. The monoisotopic (exact) mass is 439 g/mol. The first-order chi connectivity index (χ1) is 14.5. The summed E-state index contributed by atoms with van der Waals surface area (Å²) < 4.78 is 0. The third-order valence-corrected chi connectivity index (χ3v) is 6.65. The van der Waals surface area contributed by atoms with Crippen LogP contribution >= 0.6 is 22.7 Å². The standard InChI is InChI=1S/C21H21N5O2S2/c1-13-24-17(12-29-13)19-8-7-15(30-19)9-10-23-21(28)16-11-18(20(22)27)26(25-16)14-5-3-2-4-6-14/h2-8,12,18H,9-11H2,1H3,(H2,22,27)(H,23,28)/t18-/m1/s1. The summed E-state index contributed by atoms with van der Waals surface area (Å²) in [6, 6.07) is 12.7. The van der Waals surface area contributed by atoms with E-state index in [1.165, 1.54) is 9.89 Å². The summed E-state index contributed by atoms with van der Waals surface area (Å²) in [4.78, 5) is 31.2. The van der Waals surface area contributed by atoms with Crippen molar-refractivity contribution in [3.63, 3.8) is 0 Å². The third kappa shape index (κ3) is 4.42. The molecule has 3 heterocycles. The van der Waals surface area contributed by atoms with Gasteiger partial charge in [-0.1, -0.05) is 18.2 Å². The molecule has 0 aliphatic carbocycles. The van der Waals surface area contributed by atoms with Crippen LogP contribution in [0.2, 0.25) is 0 Å². The fourth-order valence-electron chi connectivity index (χ4n) is 3.22. The molecule has 7 nitrogen and oxygen atoms in total. The van der Waals surface area contributed by atoms with Crippen LogP contribution in [0.4, 0.5) is 5.69 Å². The van der Waals surface area contributed by atoms with E-state index in [0.29, 0.717) is 18.7 Å². The number of thiophene rings is 1. The van der Waals surface area contributed by atoms with E-state index in [2.05, 4.69) is 32.9 Å². The molecule has 4 rings (SSSR count). The van der Waals surface area contributed by atoms with Gasteiger partial charge >= 0.3 is 0 Å². The Labute approximate surface area is 182 Å². The number of amides is 2. The van der Waals surface area contributed by atoms with Gasteiger partial charge in [0.05, 0.1) is 21.3 Å². The van der Waals surface area contributed by atoms with Crippen LogP contribution in [0.1, 0.15) is 16.3 Å². The van der Waals surface area contributed by atoms with Crippen LogP contribution in [-0.2, 0) is 16.0 Å². The van der Waals surface area contributed by atoms with E-state index < -0.39 is 11.9 Å². The summed E-state index contributed by atoms with van der Waals surface area (Å²) in [6.07, 6.45) is 0.914. The fraction of sp³-hybridized carbons (Fsp3) is 0.238. The zero-order chi connectivity index (χ0) is 21.1. The largest absolute Gasteiger partial charge is 0.368 e. The number of benzene rings is 1. The van der Waals surface area contributed by atoms with Gasteiger partial charge in [0.15, 0.2) is 0 Å². The highest BCUT2D eigenvalue weighted by atomic mass is 32.1. The number of primary amides is 1. The number of aryl methyl sites for hydroxylation is 1. The van der Waals surface area contributed by atoms with Crippen LogP contribution in [0.15, 0.2) is 52.9 Å². The maximum absolute atomic E-state index is 12.6. The second-order valence-corrected chi connectivity index (χ2v) is 9.10. The van der Waals surface area contributed by atoms with Gasteiger partial charge in [0, 0.05) is 23.2 Å². The Morgan fingerprint density at radius 3 is 2.73 bits per heavy atom. The number of hydrazone groups is 1. The van der Waals surface area contributed by atoms with Gasteiger partial charge in [0.2, 0.25) is 5.91 Å². The molecule has 1 aliphatic heterocycles. The quantitative estimate of drug-likeness (QED) is 0.591. The molecule has 0 saturated heterocycles. The highest BCUT2D eigenvalue weighted by Gasteiger charge is 2.34. The summed E-state index contributed by atoms with van der Waals surface area (Å²) in [5.74, 6) is -0.777. The maximum Gasteiger partial charge on any atom is 0.267 e. The van der Waals surface area contributed by atoms with Gasteiger partial charge in [-0.05, 0) is 37.6 Å². The van der Waals surface area contributed by atoms with Gasteiger partial charge in [-0.3, -0.25) is 14.6 Å². The van der Waals surface area contributed by atoms with Crippen molar-refractivity contribution in [3.8, 4) is 10.6 Å². The summed E-state index contributed by atoms with van der Waals surface area (Å²) in [7, 11) is 0. The number of thiazole rings is 1. The molecule has 2 aromatic heterocycles. The second kappa shape index (κ2) is 8.76. The van der Waals surface area contributed by atoms with Gasteiger partial charge in [0.25, 0.3) is 5.91 Å². The number of carbonyl (C=O) groups excluding carboxylic acids is 2. The van der Waals surface area contributed by atoms with E-state index in [1.807, 2.05) is 37.3 Å². The van der Waals surface area contributed by atoms with Crippen molar-refractivity contribution < 1.29 is 9.59 Å². The smallest absolute Gasteiger partial charge is 0.267 e. The van der Waals surface area contributed by atoms with Crippen LogP contribution in [0.25, 0.3) is 10.6 Å². The average molecular weight is 440 g/mol. The lowest BCUT2D eigenvalue weighted by atomic mass is 10.1. The minimum atomic E-state index is -0.658. The molecule has 30 heavy (non-hydrogen) atoms. The van der Waals surface area contributed by atoms with Crippen molar-refractivity contribution in [2.24, 2.45) is 10.8 Å². The topological polar surface area (TPSA) is 101 Å². The lowest BCUT2D eigenvalue weighted by Gasteiger charge is -2.20. The summed E-state index contributed by atoms with van der Waals surface area (Å²) in [6.45, 7) is 2.48. The number of hydrogen-bond donors (Lipinski definition) is 2. The Bertz CT molecular complexity index is 1090. The molecule has 0 unspecified atom stereocenters. The molecule has 0 radical (unpaired) electrons. The van der Waals surface area contributed by atoms with Crippen molar-refractivity contribution >= 4 is 45.9 Å². The van der Waals surface area contributed by atoms with Crippen LogP contribution in [-0.4, -0.2) is 35.1 Å². The zero-order valence-corrected chi connectivity index (χ0v) is 18.0. The predicted molar refractivity (Wildman–Crippen MR) is 121 cm³/mol. The summed E-state index contributed by atoms with van der Waals surface area (Å²) in [5, 5.41) is 11.9. The SMILES string of the molecule is Cc1nc(-c2ccc(CCNC(=O)C3=NN(c4ccccc4)[C@@H](C(N)=O)C3)s2)cs1. The number of aromatic nitrogens is 1. The highest BCUT2D eigenvalue weighted by molar-refractivity contribution is 7.16. The van der Waals surface area contributed by atoms with E-state index in [-0.39, 0.29) is 12.3 Å². The molecule has 3 N–H and O–H groups in total. The molecular formula is C21H21N5O2S2. The van der Waals surface area contributed by atoms with Gasteiger partial charge in [0.1, 0.15) is 11.8 Å². The molecule has 1 aromatic carbocycles. The molecule has 2 amide bonds. The lowest BCUT2D eigenvalue weighted by Crippen LogP contribution is -2.40. The van der Waals surface area contributed by atoms with Crippen LogP contribution in [0.3, 0.4) is 0 Å². The number of anilines is 1. The van der Waals surface area contributed by atoms with Crippen molar-refractivity contribution in [2.45, 2.75) is 25.8 Å². The molecule has 0 saturated carbocycles. The molecule has 3 aromatic rings. The number of nitrogens with one attached hydrogen (secondary N) is 1. The van der Waals surface area contributed by atoms with E-state index in [4.69, 9.17) is 5.73 Å². The van der Waals surface area contributed by atoms with Crippen molar-refractivity contribution in [3.05, 3.63) is 57.7 Å². The number of rotatable bonds is 7. The number of nitrogens with zero attached hydrogens (tertiary/aromatic N) is 3. The van der Waals surface area contributed by atoms with E-state index in [1.54, 1.807) is 22.7 Å². The molecular weight excluding hydrogens is 418 g/mol. The molecule has 0 spiro atoms. The number of nitrogens with two attached hydrogens (primary N) is 1. The highest BCUT2D eigenvalue weighted by Crippen LogP contribution is 2.29. The molecule has 154 valence electrons. The van der Waals surface area contributed by atoms with Gasteiger partial charge < -0.3 is 11.1 Å². The fourth-order valence-corrected chi connectivity index (χ4v) is 4.87. The molecule has 1 aliphatic rings. The van der Waals surface area contributed by atoms with Crippen molar-refractivity contribution in [1.29, 1.82) is 0 Å². The predicted octanol–water partition coefficient (Wildman–Crippen LogP) is 2.96. The lowest BCUT2D eigenvalue weighted by molar-refractivity contribution is -0.119. The second-order valence-electron chi connectivity index (χ2n) is 6.87. The van der Waals surface area contributed by atoms with Crippen LogP contribution in [0.5, 0.6) is 0 Å². The minimum absolute atomic E-state index is 0.197. The normalized spacial score (nSPS) is 15.8. The zero-order valence-electron chi connectivity index (χ0n) is 16.4. The maximum atomic E-state index is 12.6. The molecule has 1 atom stereocenters. The number of hydrogen-bond acceptors (Lipinski definition) is 7. The van der Waals surface area contributed by atoms with Gasteiger partial charge in [-0.2, -0.15) is 5.10 Å². The van der Waals surface area contributed by atoms with E-state index in [0.717, 1.165) is 21.3 Å². The summed E-state index contributed by atoms with van der Waals surface area (Å²) in [5.41, 5.74) is 7.57. The Balaban J connectivity index is 1.36. The van der Waals surface area contributed by atoms with Crippen LogP contribution < -0.4 is 16.1 Å². The van der Waals surface area contributed by atoms with Gasteiger partial charge in [-0.15, -0.1) is 22.7 Å². The van der Waals surface area contributed by atoms with E-state index >= 15 is 0 Å². The Kier molecular flexibility index (Phi) is 5.91. The molecule has 0 bridgehead atoms. The average Bonchev–Trinajstić information content (AvgIpc) is 3.47. The molecule has 9 heteroatoms. The number of para-hydroxylation sites is 1. The Hall–Kier alpha value is -3.04. The van der Waals surface area contributed by atoms with Crippen LogP contribution in [0, 0.1) is 6.92 Å². The Morgan fingerprint density at radius 1 is 1.23 bits per heavy atom. The molecule has 0 fully saturated rings. The third-order valence-electron chi connectivity index (χ3n) is 4.71. The first-order valence-corrected chi connectivity index (χ1v) is 11.2. The summed E-state index contributed by atoms with van der Waals surface area (Å²) >= 11 is 3.31. The van der Waals surface area contributed by atoms with E-state index in [9.17, 15) is 9.59 Å².